The van der Waals surface area contributed by atoms with E-state index in [4.69, 9.17) is 0 Å². The van der Waals surface area contributed by atoms with Crippen LogP contribution in [-0.4, -0.2) is 37.6 Å². The monoisotopic (exact) mass is 405 g/mol. The van der Waals surface area contributed by atoms with Gasteiger partial charge in [-0.3, -0.25) is 4.79 Å². The van der Waals surface area contributed by atoms with Crippen molar-refractivity contribution in [3.63, 3.8) is 0 Å². The van der Waals surface area contributed by atoms with E-state index in [0.717, 1.165) is 6.26 Å². The van der Waals surface area contributed by atoms with Crippen molar-refractivity contribution in [2.75, 3.05) is 12.8 Å². The lowest BCUT2D eigenvalue weighted by molar-refractivity contribution is 0.0940. The topological polar surface area (TPSA) is 91.1 Å². The summed E-state index contributed by atoms with van der Waals surface area (Å²) in [5.74, 6) is -0.885. The smallest absolute Gasteiger partial charge is 0.267 e. The van der Waals surface area contributed by atoms with Crippen LogP contribution in [0.2, 0.25) is 0 Å². The molecule has 0 atom stereocenters. The molecular formula is C14H17BrFN3O3S. The maximum Gasteiger partial charge on any atom is 0.267 e. The quantitative estimate of drug-likeness (QED) is 0.711. The molecule has 6 nitrogen and oxygen atoms in total. The van der Waals surface area contributed by atoms with Crippen molar-refractivity contribution in [1.29, 1.82) is 0 Å². The largest absolute Gasteiger partial charge is 0.350 e. The van der Waals surface area contributed by atoms with Gasteiger partial charge in [0, 0.05) is 21.9 Å². The Morgan fingerprint density at radius 1 is 1.35 bits per heavy atom. The molecule has 0 aliphatic rings. The van der Waals surface area contributed by atoms with Gasteiger partial charge in [-0.15, -0.1) is 0 Å². The zero-order valence-electron chi connectivity index (χ0n) is 12.8. The molecule has 1 heterocycles. The van der Waals surface area contributed by atoms with Crippen molar-refractivity contribution in [3.8, 4) is 0 Å². The third kappa shape index (κ3) is 4.76. The highest BCUT2D eigenvalue weighted by Gasteiger charge is 2.23. The van der Waals surface area contributed by atoms with Crippen LogP contribution in [0.15, 0.2) is 22.7 Å². The highest BCUT2D eigenvalue weighted by atomic mass is 79.9. The van der Waals surface area contributed by atoms with Crippen LogP contribution < -0.4 is 10.0 Å². The van der Waals surface area contributed by atoms with Gasteiger partial charge in [0.25, 0.3) is 5.91 Å². The van der Waals surface area contributed by atoms with E-state index in [1.165, 1.54) is 12.1 Å². The number of hydrogen-bond acceptors (Lipinski definition) is 3. The van der Waals surface area contributed by atoms with Crippen LogP contribution in [0.25, 0.3) is 10.9 Å². The van der Waals surface area contributed by atoms with Crippen LogP contribution in [0.5, 0.6) is 0 Å². The number of carbonyl (C=O) groups excluding carboxylic acids is 1. The molecule has 1 aromatic heterocycles. The molecule has 9 heteroatoms. The molecule has 0 aliphatic heterocycles. The third-order valence-electron chi connectivity index (χ3n) is 3.05. The van der Waals surface area contributed by atoms with E-state index in [-0.39, 0.29) is 12.2 Å². The Kier molecular flexibility index (Phi) is 4.84. The van der Waals surface area contributed by atoms with Gasteiger partial charge < -0.3 is 10.3 Å². The van der Waals surface area contributed by atoms with E-state index in [9.17, 15) is 17.6 Å². The maximum absolute atomic E-state index is 13.8. The molecule has 2 rings (SSSR count). The Bertz CT molecular complexity index is 862. The molecule has 126 valence electrons. The number of aromatic nitrogens is 1. The highest BCUT2D eigenvalue weighted by Crippen LogP contribution is 2.23. The first-order valence-electron chi connectivity index (χ1n) is 6.72. The summed E-state index contributed by atoms with van der Waals surface area (Å²) in [4.78, 5) is 15.0. The Balaban J connectivity index is 2.14. The number of rotatable bonds is 5. The van der Waals surface area contributed by atoms with E-state index < -0.39 is 27.3 Å². The number of aromatic amines is 1. The molecule has 0 bridgehead atoms. The summed E-state index contributed by atoms with van der Waals surface area (Å²) in [6.07, 6.45) is 1.05. The molecule has 0 radical (unpaired) electrons. The number of fused-ring (bicyclic) bond motifs is 1. The minimum Gasteiger partial charge on any atom is -0.350 e. The van der Waals surface area contributed by atoms with Crippen molar-refractivity contribution in [2.24, 2.45) is 0 Å². The summed E-state index contributed by atoms with van der Waals surface area (Å²) in [6, 6.07) is 4.41. The van der Waals surface area contributed by atoms with Crippen molar-refractivity contribution in [2.45, 2.75) is 19.4 Å². The molecule has 23 heavy (non-hydrogen) atoms. The Labute approximate surface area is 142 Å². The SMILES string of the molecule is CC(C)(CNC(=O)c1cc2c(F)cc(Br)cc2[nH]1)NS(C)(=O)=O. The second-order valence-electron chi connectivity index (χ2n) is 5.97. The van der Waals surface area contributed by atoms with Gasteiger partial charge in [-0.05, 0) is 32.0 Å². The predicted molar refractivity (Wildman–Crippen MR) is 90.3 cm³/mol. The average Bonchev–Trinajstić information content (AvgIpc) is 2.77. The maximum atomic E-state index is 13.8. The van der Waals surface area contributed by atoms with E-state index >= 15 is 0 Å². The molecule has 0 aliphatic carbocycles. The number of hydrogen-bond donors (Lipinski definition) is 3. The fourth-order valence-corrected chi connectivity index (χ4v) is 3.72. The lowest BCUT2D eigenvalue weighted by atomic mass is 10.1. The van der Waals surface area contributed by atoms with Crippen LogP contribution in [0.4, 0.5) is 4.39 Å². The zero-order valence-corrected chi connectivity index (χ0v) is 15.2. The molecule has 0 saturated carbocycles. The van der Waals surface area contributed by atoms with Crippen LogP contribution in [0.1, 0.15) is 24.3 Å². The molecule has 0 fully saturated rings. The number of halogens is 2. The third-order valence-corrected chi connectivity index (χ3v) is 4.43. The van der Waals surface area contributed by atoms with Crippen molar-refractivity contribution in [1.82, 2.24) is 15.0 Å². The van der Waals surface area contributed by atoms with Gasteiger partial charge in [-0.25, -0.2) is 17.5 Å². The molecule has 0 spiro atoms. The van der Waals surface area contributed by atoms with Gasteiger partial charge in [-0.2, -0.15) is 0 Å². The first kappa shape index (κ1) is 17.9. The predicted octanol–water partition coefficient (Wildman–Crippen LogP) is 2.13. The summed E-state index contributed by atoms with van der Waals surface area (Å²) in [5, 5.41) is 2.94. The molecule has 1 aromatic carbocycles. The normalized spacial score (nSPS) is 12.6. The standard InChI is InChI=1S/C14H17BrFN3O3S/c1-14(2,19-23(3,21)22)7-17-13(20)12-6-9-10(16)4-8(15)5-11(9)18-12/h4-6,18-19H,7H2,1-3H3,(H,17,20). The number of amides is 1. The number of sulfonamides is 1. The first-order valence-corrected chi connectivity index (χ1v) is 9.40. The van der Waals surface area contributed by atoms with E-state index in [2.05, 4.69) is 31.0 Å². The summed E-state index contributed by atoms with van der Waals surface area (Å²) in [7, 11) is -3.39. The lowest BCUT2D eigenvalue weighted by Gasteiger charge is -2.25. The van der Waals surface area contributed by atoms with Gasteiger partial charge in [0.1, 0.15) is 11.5 Å². The van der Waals surface area contributed by atoms with E-state index in [0.29, 0.717) is 15.4 Å². The van der Waals surface area contributed by atoms with Gasteiger partial charge in [0.15, 0.2) is 0 Å². The van der Waals surface area contributed by atoms with Gasteiger partial charge >= 0.3 is 0 Å². The number of H-pyrrole nitrogens is 1. The van der Waals surface area contributed by atoms with Crippen LogP contribution in [-0.2, 0) is 10.0 Å². The number of benzene rings is 1. The lowest BCUT2D eigenvalue weighted by Crippen LogP contribution is -2.51. The zero-order chi connectivity index (χ0) is 17.4. The summed E-state index contributed by atoms with van der Waals surface area (Å²) in [6.45, 7) is 3.38. The number of carbonyl (C=O) groups is 1. The summed E-state index contributed by atoms with van der Waals surface area (Å²) >= 11 is 3.19. The second-order valence-corrected chi connectivity index (χ2v) is 8.64. The second kappa shape index (κ2) is 6.21. The van der Waals surface area contributed by atoms with Gasteiger partial charge in [-0.1, -0.05) is 15.9 Å². The average molecular weight is 406 g/mol. The van der Waals surface area contributed by atoms with Crippen molar-refractivity contribution < 1.29 is 17.6 Å². The van der Waals surface area contributed by atoms with Gasteiger partial charge in [0.05, 0.1) is 11.8 Å². The summed E-state index contributed by atoms with van der Waals surface area (Å²) in [5.41, 5.74) is -0.147. The van der Waals surface area contributed by atoms with Gasteiger partial charge in [0.2, 0.25) is 10.0 Å². The molecule has 3 N–H and O–H groups in total. The van der Waals surface area contributed by atoms with E-state index in [1.807, 2.05) is 0 Å². The highest BCUT2D eigenvalue weighted by molar-refractivity contribution is 9.10. The minimum atomic E-state index is -3.39. The Hall–Kier alpha value is -1.45. The molecule has 1 amide bonds. The van der Waals surface area contributed by atoms with Crippen molar-refractivity contribution >= 4 is 42.8 Å². The van der Waals surface area contributed by atoms with Crippen molar-refractivity contribution in [3.05, 3.63) is 34.2 Å². The molecule has 0 unspecified atom stereocenters. The minimum absolute atomic E-state index is 0.0838. The fraction of sp³-hybridized carbons (Fsp3) is 0.357. The molecule has 0 saturated heterocycles. The molecule has 2 aromatic rings. The number of nitrogens with one attached hydrogen (secondary N) is 3. The van der Waals surface area contributed by atoms with Crippen LogP contribution in [0.3, 0.4) is 0 Å². The summed E-state index contributed by atoms with van der Waals surface area (Å²) < 4.78 is 39.4. The Morgan fingerprint density at radius 3 is 2.61 bits per heavy atom. The van der Waals surface area contributed by atoms with Crippen LogP contribution >= 0.6 is 15.9 Å². The first-order chi connectivity index (χ1) is 10.5. The Morgan fingerprint density at radius 2 is 2.00 bits per heavy atom. The fourth-order valence-electron chi connectivity index (χ4n) is 2.22. The van der Waals surface area contributed by atoms with Crippen LogP contribution in [0, 0.1) is 5.82 Å². The van der Waals surface area contributed by atoms with E-state index in [1.54, 1.807) is 19.9 Å². The molecular weight excluding hydrogens is 389 g/mol.